The molecule has 1 atom stereocenters. The summed E-state index contributed by atoms with van der Waals surface area (Å²) in [6.07, 6.45) is 5.34. The summed E-state index contributed by atoms with van der Waals surface area (Å²) in [5.41, 5.74) is 0.566. The molecular formula is C15H24N2O3. The van der Waals surface area contributed by atoms with Crippen LogP contribution in [-0.2, 0) is 0 Å². The number of nitro benzene ring substituents is 1. The van der Waals surface area contributed by atoms with Crippen molar-refractivity contribution in [3.8, 4) is 5.75 Å². The Labute approximate surface area is 120 Å². The zero-order valence-corrected chi connectivity index (χ0v) is 12.5. The highest BCUT2D eigenvalue weighted by atomic mass is 16.6. The van der Waals surface area contributed by atoms with Gasteiger partial charge in [0.1, 0.15) is 5.69 Å². The number of ether oxygens (including phenoxy) is 1. The zero-order valence-electron chi connectivity index (χ0n) is 12.5. The second kappa shape index (κ2) is 8.40. The van der Waals surface area contributed by atoms with Crippen molar-refractivity contribution in [3.63, 3.8) is 0 Å². The lowest BCUT2D eigenvalue weighted by molar-refractivity contribution is -0.384. The van der Waals surface area contributed by atoms with Crippen molar-refractivity contribution in [1.29, 1.82) is 0 Å². The Morgan fingerprint density at radius 3 is 2.60 bits per heavy atom. The number of hydrogen-bond donors (Lipinski definition) is 1. The first-order chi connectivity index (χ1) is 9.63. The van der Waals surface area contributed by atoms with E-state index in [4.69, 9.17) is 4.74 Å². The molecule has 1 N–H and O–H groups in total. The summed E-state index contributed by atoms with van der Waals surface area (Å²) in [6, 6.07) is 5.40. The molecule has 0 amide bonds. The van der Waals surface area contributed by atoms with Gasteiger partial charge in [-0.1, -0.05) is 39.2 Å². The third-order valence-corrected chi connectivity index (χ3v) is 3.30. The van der Waals surface area contributed by atoms with Gasteiger partial charge in [0.25, 0.3) is 0 Å². The highest BCUT2D eigenvalue weighted by Crippen LogP contribution is 2.35. The minimum atomic E-state index is -0.385. The van der Waals surface area contributed by atoms with E-state index >= 15 is 0 Å². The number of hydrogen-bond acceptors (Lipinski definition) is 4. The van der Waals surface area contributed by atoms with E-state index in [9.17, 15) is 10.1 Å². The quantitative estimate of drug-likeness (QED) is 0.538. The lowest BCUT2D eigenvalue weighted by Gasteiger charge is -2.19. The molecule has 1 unspecified atom stereocenters. The molecule has 0 fully saturated rings. The van der Waals surface area contributed by atoms with Crippen molar-refractivity contribution in [2.45, 2.75) is 52.0 Å². The van der Waals surface area contributed by atoms with Gasteiger partial charge in [0.15, 0.2) is 5.75 Å². The summed E-state index contributed by atoms with van der Waals surface area (Å²) in [5.74, 6) is 0.297. The number of unbranched alkanes of at least 4 members (excludes halogenated alkanes) is 1. The Kier molecular flexibility index (Phi) is 6.84. The maximum atomic E-state index is 11.2. The number of benzene rings is 1. The molecule has 0 saturated carbocycles. The molecule has 0 aromatic heterocycles. The molecule has 0 radical (unpaired) electrons. The van der Waals surface area contributed by atoms with Gasteiger partial charge in [0.2, 0.25) is 0 Å². The number of anilines is 1. The summed E-state index contributed by atoms with van der Waals surface area (Å²) in [6.45, 7) is 4.28. The predicted molar refractivity (Wildman–Crippen MR) is 81.5 cm³/mol. The standard InChI is InChI=1S/C15H24N2O3/c1-4-6-9-12(8-5-2)16-13-10-7-11-14(20-3)15(13)17(18)19/h7,10-12,16H,4-6,8-9H2,1-3H3. The van der Waals surface area contributed by atoms with Crippen LogP contribution in [0.25, 0.3) is 0 Å². The average molecular weight is 280 g/mol. The Morgan fingerprint density at radius 2 is 2.05 bits per heavy atom. The van der Waals surface area contributed by atoms with E-state index in [2.05, 4.69) is 19.2 Å². The molecule has 0 spiro atoms. The summed E-state index contributed by atoms with van der Waals surface area (Å²) >= 11 is 0. The summed E-state index contributed by atoms with van der Waals surface area (Å²) < 4.78 is 5.09. The largest absolute Gasteiger partial charge is 0.490 e. The van der Waals surface area contributed by atoms with Crippen molar-refractivity contribution in [2.24, 2.45) is 0 Å². The normalized spacial score (nSPS) is 11.9. The molecular weight excluding hydrogens is 256 g/mol. The number of nitro groups is 1. The molecule has 1 rings (SSSR count). The van der Waals surface area contributed by atoms with Crippen molar-refractivity contribution < 1.29 is 9.66 Å². The molecule has 0 heterocycles. The molecule has 112 valence electrons. The van der Waals surface area contributed by atoms with E-state index in [0.29, 0.717) is 11.4 Å². The van der Waals surface area contributed by atoms with Crippen LogP contribution in [0.3, 0.4) is 0 Å². The maximum Gasteiger partial charge on any atom is 0.333 e. The lowest BCUT2D eigenvalue weighted by Crippen LogP contribution is -2.20. The molecule has 1 aromatic rings. The molecule has 5 nitrogen and oxygen atoms in total. The second-order valence-electron chi connectivity index (χ2n) is 4.89. The van der Waals surface area contributed by atoms with Gasteiger partial charge in [-0.25, -0.2) is 0 Å². The minimum absolute atomic E-state index is 0.0209. The molecule has 0 aliphatic rings. The summed E-state index contributed by atoms with van der Waals surface area (Å²) in [5, 5.41) is 14.6. The molecule has 0 saturated heterocycles. The van der Waals surface area contributed by atoms with Gasteiger partial charge in [-0.15, -0.1) is 0 Å². The summed E-state index contributed by atoms with van der Waals surface area (Å²) in [4.78, 5) is 10.9. The van der Waals surface area contributed by atoms with Crippen LogP contribution in [0.2, 0.25) is 0 Å². The minimum Gasteiger partial charge on any atom is -0.490 e. The topological polar surface area (TPSA) is 64.4 Å². The van der Waals surface area contributed by atoms with E-state index in [1.54, 1.807) is 18.2 Å². The molecule has 0 aliphatic carbocycles. The highest BCUT2D eigenvalue weighted by molar-refractivity contribution is 5.68. The SMILES string of the molecule is CCCCC(CCC)Nc1cccc(OC)c1[N+](=O)[O-]. The smallest absolute Gasteiger partial charge is 0.333 e. The van der Waals surface area contributed by atoms with Crippen LogP contribution in [-0.4, -0.2) is 18.1 Å². The number of methoxy groups -OCH3 is 1. The molecule has 20 heavy (non-hydrogen) atoms. The Balaban J connectivity index is 2.96. The molecule has 5 heteroatoms. The van der Waals surface area contributed by atoms with Gasteiger partial charge < -0.3 is 10.1 Å². The first-order valence-electron chi connectivity index (χ1n) is 7.21. The Hall–Kier alpha value is -1.78. The Morgan fingerprint density at radius 1 is 1.30 bits per heavy atom. The lowest BCUT2D eigenvalue weighted by atomic mass is 10.0. The first kappa shape index (κ1) is 16.3. The van der Waals surface area contributed by atoms with Crippen LogP contribution in [0.4, 0.5) is 11.4 Å². The fraction of sp³-hybridized carbons (Fsp3) is 0.600. The molecule has 0 aliphatic heterocycles. The van der Waals surface area contributed by atoms with Gasteiger partial charge in [-0.3, -0.25) is 10.1 Å². The number of nitrogens with one attached hydrogen (secondary N) is 1. The maximum absolute atomic E-state index is 11.2. The van der Waals surface area contributed by atoms with Gasteiger partial charge >= 0.3 is 5.69 Å². The van der Waals surface area contributed by atoms with Gasteiger partial charge in [0, 0.05) is 6.04 Å². The van der Waals surface area contributed by atoms with Crippen molar-refractivity contribution in [3.05, 3.63) is 28.3 Å². The van der Waals surface area contributed by atoms with Crippen LogP contribution < -0.4 is 10.1 Å². The van der Waals surface area contributed by atoms with Crippen LogP contribution in [0, 0.1) is 10.1 Å². The van der Waals surface area contributed by atoms with Gasteiger partial charge in [-0.05, 0) is 25.0 Å². The van der Waals surface area contributed by atoms with E-state index in [-0.39, 0.29) is 16.7 Å². The zero-order chi connectivity index (χ0) is 15.0. The first-order valence-corrected chi connectivity index (χ1v) is 7.21. The average Bonchev–Trinajstić information content (AvgIpc) is 2.44. The second-order valence-corrected chi connectivity index (χ2v) is 4.89. The Bertz CT molecular complexity index is 435. The fourth-order valence-electron chi connectivity index (χ4n) is 2.30. The number of rotatable bonds is 9. The van der Waals surface area contributed by atoms with Gasteiger partial charge in [0.05, 0.1) is 12.0 Å². The van der Waals surface area contributed by atoms with E-state index < -0.39 is 0 Å². The number of para-hydroxylation sites is 1. The van der Waals surface area contributed by atoms with Crippen molar-refractivity contribution in [1.82, 2.24) is 0 Å². The number of nitrogens with zero attached hydrogens (tertiary/aromatic N) is 1. The fourth-order valence-corrected chi connectivity index (χ4v) is 2.30. The summed E-state index contributed by atoms with van der Waals surface area (Å²) in [7, 11) is 1.45. The van der Waals surface area contributed by atoms with Crippen LogP contribution in [0.15, 0.2) is 18.2 Å². The van der Waals surface area contributed by atoms with Crippen molar-refractivity contribution in [2.75, 3.05) is 12.4 Å². The van der Waals surface area contributed by atoms with E-state index in [0.717, 1.165) is 32.1 Å². The van der Waals surface area contributed by atoms with E-state index in [1.165, 1.54) is 7.11 Å². The van der Waals surface area contributed by atoms with Crippen molar-refractivity contribution >= 4 is 11.4 Å². The predicted octanol–water partition coefficient (Wildman–Crippen LogP) is 4.37. The van der Waals surface area contributed by atoms with E-state index in [1.807, 2.05) is 0 Å². The highest BCUT2D eigenvalue weighted by Gasteiger charge is 2.22. The van der Waals surface area contributed by atoms with Gasteiger partial charge in [-0.2, -0.15) is 0 Å². The monoisotopic (exact) mass is 280 g/mol. The van der Waals surface area contributed by atoms with Crippen LogP contribution >= 0.6 is 0 Å². The third kappa shape index (κ3) is 4.40. The third-order valence-electron chi connectivity index (χ3n) is 3.30. The molecule has 0 bridgehead atoms. The van der Waals surface area contributed by atoms with Crippen LogP contribution in [0.1, 0.15) is 46.0 Å². The molecule has 1 aromatic carbocycles. The van der Waals surface area contributed by atoms with Crippen LogP contribution in [0.5, 0.6) is 5.75 Å².